The van der Waals surface area contributed by atoms with Crippen LogP contribution in [0, 0.1) is 5.41 Å². The van der Waals surface area contributed by atoms with Crippen molar-refractivity contribution in [2.75, 3.05) is 6.54 Å². The number of nitrogens with zero attached hydrogens (tertiary/aromatic N) is 2. The highest BCUT2D eigenvalue weighted by Gasteiger charge is 2.36. The van der Waals surface area contributed by atoms with Crippen molar-refractivity contribution in [2.45, 2.75) is 45.6 Å². The SMILES string of the molecule is CCC(C)n1ccc(CC2(CN)Cc3ccccc3C2)n1. The van der Waals surface area contributed by atoms with Crippen molar-refractivity contribution in [3.8, 4) is 0 Å². The Morgan fingerprint density at radius 2 is 1.90 bits per heavy atom. The second kappa shape index (κ2) is 5.64. The molecule has 0 amide bonds. The first-order valence-electron chi connectivity index (χ1n) is 7.97. The van der Waals surface area contributed by atoms with E-state index in [0.29, 0.717) is 6.04 Å². The van der Waals surface area contributed by atoms with Gasteiger partial charge in [-0.1, -0.05) is 31.2 Å². The Labute approximate surface area is 127 Å². The van der Waals surface area contributed by atoms with E-state index in [1.165, 1.54) is 16.8 Å². The molecule has 1 aromatic carbocycles. The van der Waals surface area contributed by atoms with Crippen LogP contribution in [0.15, 0.2) is 36.5 Å². The van der Waals surface area contributed by atoms with Gasteiger partial charge in [0.15, 0.2) is 0 Å². The molecule has 0 fully saturated rings. The predicted octanol–water partition coefficient (Wildman–Crippen LogP) is 3.14. The van der Waals surface area contributed by atoms with Crippen LogP contribution in [0.25, 0.3) is 0 Å². The molecule has 0 aliphatic heterocycles. The van der Waals surface area contributed by atoms with Crippen LogP contribution < -0.4 is 5.73 Å². The van der Waals surface area contributed by atoms with Crippen LogP contribution in [0.3, 0.4) is 0 Å². The lowest BCUT2D eigenvalue weighted by Gasteiger charge is -2.26. The molecule has 3 heteroatoms. The topological polar surface area (TPSA) is 43.8 Å². The van der Waals surface area contributed by atoms with E-state index in [9.17, 15) is 0 Å². The molecular weight excluding hydrogens is 258 g/mol. The first-order valence-corrected chi connectivity index (χ1v) is 7.97. The molecule has 112 valence electrons. The van der Waals surface area contributed by atoms with Crippen molar-refractivity contribution in [1.82, 2.24) is 9.78 Å². The molecule has 0 saturated carbocycles. The van der Waals surface area contributed by atoms with E-state index in [2.05, 4.69) is 55.1 Å². The minimum atomic E-state index is 0.151. The summed E-state index contributed by atoms with van der Waals surface area (Å²) in [6.45, 7) is 5.12. The molecule has 0 saturated heterocycles. The largest absolute Gasteiger partial charge is 0.330 e. The van der Waals surface area contributed by atoms with Gasteiger partial charge in [0.25, 0.3) is 0 Å². The molecule has 3 rings (SSSR count). The Morgan fingerprint density at radius 1 is 1.24 bits per heavy atom. The van der Waals surface area contributed by atoms with Gasteiger partial charge >= 0.3 is 0 Å². The van der Waals surface area contributed by atoms with Crippen molar-refractivity contribution in [3.05, 3.63) is 53.3 Å². The summed E-state index contributed by atoms with van der Waals surface area (Å²) in [7, 11) is 0. The van der Waals surface area contributed by atoms with Crippen molar-refractivity contribution < 1.29 is 0 Å². The molecule has 2 aromatic rings. The third-order valence-electron chi connectivity index (χ3n) is 4.94. The molecule has 2 N–H and O–H groups in total. The zero-order valence-electron chi connectivity index (χ0n) is 13.0. The summed E-state index contributed by atoms with van der Waals surface area (Å²) < 4.78 is 2.08. The number of hydrogen-bond donors (Lipinski definition) is 1. The van der Waals surface area contributed by atoms with Gasteiger partial charge in [0.05, 0.1) is 5.69 Å². The van der Waals surface area contributed by atoms with Crippen LogP contribution in [0.5, 0.6) is 0 Å². The summed E-state index contributed by atoms with van der Waals surface area (Å²) in [5.74, 6) is 0. The van der Waals surface area contributed by atoms with E-state index >= 15 is 0 Å². The van der Waals surface area contributed by atoms with Gasteiger partial charge in [-0.3, -0.25) is 4.68 Å². The van der Waals surface area contributed by atoms with Gasteiger partial charge in [-0.2, -0.15) is 5.10 Å². The Balaban J connectivity index is 1.79. The second-order valence-corrected chi connectivity index (χ2v) is 6.55. The summed E-state index contributed by atoms with van der Waals surface area (Å²) in [5, 5.41) is 4.76. The van der Waals surface area contributed by atoms with E-state index in [1.807, 2.05) is 0 Å². The fourth-order valence-electron chi connectivity index (χ4n) is 3.40. The molecule has 0 bridgehead atoms. The minimum absolute atomic E-state index is 0.151. The van der Waals surface area contributed by atoms with Gasteiger partial charge in [-0.15, -0.1) is 0 Å². The van der Waals surface area contributed by atoms with Crippen LogP contribution in [-0.2, 0) is 19.3 Å². The van der Waals surface area contributed by atoms with Gasteiger partial charge in [-0.05, 0) is 61.8 Å². The predicted molar refractivity (Wildman–Crippen MR) is 86.3 cm³/mol. The molecule has 0 spiro atoms. The van der Waals surface area contributed by atoms with Crippen molar-refractivity contribution in [1.29, 1.82) is 0 Å². The number of aromatic nitrogens is 2. The average molecular weight is 283 g/mol. The molecular formula is C18H25N3. The fraction of sp³-hybridized carbons (Fsp3) is 0.500. The first-order chi connectivity index (χ1) is 10.2. The van der Waals surface area contributed by atoms with Gasteiger partial charge in [0.2, 0.25) is 0 Å². The Bertz CT molecular complexity index is 589. The summed E-state index contributed by atoms with van der Waals surface area (Å²) >= 11 is 0. The molecule has 1 aliphatic carbocycles. The van der Waals surface area contributed by atoms with Gasteiger partial charge in [0, 0.05) is 12.2 Å². The van der Waals surface area contributed by atoms with Crippen LogP contribution >= 0.6 is 0 Å². The van der Waals surface area contributed by atoms with Crippen LogP contribution in [-0.4, -0.2) is 16.3 Å². The molecule has 1 atom stereocenters. The summed E-state index contributed by atoms with van der Waals surface area (Å²) in [6, 6.07) is 11.4. The van der Waals surface area contributed by atoms with Crippen LogP contribution in [0.2, 0.25) is 0 Å². The summed E-state index contributed by atoms with van der Waals surface area (Å²) in [5.41, 5.74) is 10.4. The van der Waals surface area contributed by atoms with Crippen molar-refractivity contribution >= 4 is 0 Å². The van der Waals surface area contributed by atoms with Gasteiger partial charge in [0.1, 0.15) is 0 Å². The Morgan fingerprint density at radius 3 is 2.48 bits per heavy atom. The number of benzene rings is 1. The van der Waals surface area contributed by atoms with Gasteiger partial charge in [-0.25, -0.2) is 0 Å². The van der Waals surface area contributed by atoms with Crippen LogP contribution in [0.1, 0.15) is 43.1 Å². The molecule has 3 nitrogen and oxygen atoms in total. The van der Waals surface area contributed by atoms with Gasteiger partial charge < -0.3 is 5.73 Å². The summed E-state index contributed by atoms with van der Waals surface area (Å²) in [6.07, 6.45) is 6.34. The Hall–Kier alpha value is -1.61. The highest BCUT2D eigenvalue weighted by molar-refractivity contribution is 5.35. The molecule has 21 heavy (non-hydrogen) atoms. The standard InChI is InChI=1S/C18H25N3/c1-3-14(2)21-9-8-17(20-21)12-18(13-19)10-15-6-4-5-7-16(15)11-18/h4-9,14H,3,10-13,19H2,1-2H3. The number of hydrogen-bond acceptors (Lipinski definition) is 2. The third kappa shape index (κ3) is 2.75. The average Bonchev–Trinajstić information content (AvgIpc) is 3.11. The second-order valence-electron chi connectivity index (χ2n) is 6.55. The highest BCUT2D eigenvalue weighted by atomic mass is 15.3. The smallest absolute Gasteiger partial charge is 0.0631 e. The third-order valence-corrected chi connectivity index (χ3v) is 4.94. The number of nitrogens with two attached hydrogens (primary N) is 1. The molecule has 1 unspecified atom stereocenters. The lowest BCUT2D eigenvalue weighted by molar-refractivity contribution is 0.309. The van der Waals surface area contributed by atoms with E-state index < -0.39 is 0 Å². The molecule has 1 aliphatic rings. The minimum Gasteiger partial charge on any atom is -0.330 e. The van der Waals surface area contributed by atoms with Crippen LogP contribution in [0.4, 0.5) is 0 Å². The zero-order chi connectivity index (χ0) is 14.9. The first kappa shape index (κ1) is 14.3. The van der Waals surface area contributed by atoms with E-state index in [1.54, 1.807) is 0 Å². The number of rotatable bonds is 5. The lowest BCUT2D eigenvalue weighted by atomic mass is 9.80. The van der Waals surface area contributed by atoms with E-state index in [-0.39, 0.29) is 5.41 Å². The quantitative estimate of drug-likeness (QED) is 0.916. The number of fused-ring (bicyclic) bond motifs is 1. The maximum atomic E-state index is 6.15. The molecule has 0 radical (unpaired) electrons. The highest BCUT2D eigenvalue weighted by Crippen LogP contribution is 2.38. The summed E-state index contributed by atoms with van der Waals surface area (Å²) in [4.78, 5) is 0. The normalized spacial score (nSPS) is 17.7. The molecule has 1 heterocycles. The maximum absolute atomic E-state index is 6.15. The van der Waals surface area contributed by atoms with E-state index in [0.717, 1.165) is 32.2 Å². The lowest BCUT2D eigenvalue weighted by Crippen LogP contribution is -2.33. The maximum Gasteiger partial charge on any atom is 0.0631 e. The fourth-order valence-corrected chi connectivity index (χ4v) is 3.40. The zero-order valence-corrected chi connectivity index (χ0v) is 13.0. The van der Waals surface area contributed by atoms with E-state index in [4.69, 9.17) is 10.8 Å². The molecule has 1 aromatic heterocycles. The van der Waals surface area contributed by atoms with Crippen molar-refractivity contribution in [3.63, 3.8) is 0 Å². The van der Waals surface area contributed by atoms with Crippen molar-refractivity contribution in [2.24, 2.45) is 11.1 Å². The monoisotopic (exact) mass is 283 g/mol. The Kier molecular flexibility index (Phi) is 3.85.